The van der Waals surface area contributed by atoms with Gasteiger partial charge >= 0.3 is 0 Å². The Hall–Kier alpha value is -2.72. The summed E-state index contributed by atoms with van der Waals surface area (Å²) < 4.78 is 0. The zero-order chi connectivity index (χ0) is 22.8. The first-order chi connectivity index (χ1) is 16.1. The minimum atomic E-state index is 0.0222. The lowest BCUT2D eigenvalue weighted by atomic mass is 10.1. The molecular formula is C23H26N6O2S2. The van der Waals surface area contributed by atoms with Gasteiger partial charge in [-0.05, 0) is 43.1 Å². The average Bonchev–Trinajstić information content (AvgIpc) is 3.67. The predicted octanol–water partition coefficient (Wildman–Crippen LogP) is 4.29. The van der Waals surface area contributed by atoms with Crippen LogP contribution in [0.2, 0.25) is 0 Å². The summed E-state index contributed by atoms with van der Waals surface area (Å²) in [6, 6.07) is 10.2. The summed E-state index contributed by atoms with van der Waals surface area (Å²) in [6.07, 6.45) is 5.37. The number of aromatic nitrogens is 4. The van der Waals surface area contributed by atoms with Crippen LogP contribution < -0.4 is 10.6 Å². The van der Waals surface area contributed by atoms with Gasteiger partial charge in [-0.3, -0.25) is 9.59 Å². The zero-order valence-corrected chi connectivity index (χ0v) is 20.0. The molecule has 0 radical (unpaired) electrons. The Morgan fingerprint density at radius 2 is 1.39 bits per heavy atom. The average molecular weight is 483 g/mol. The van der Waals surface area contributed by atoms with Crippen molar-refractivity contribution in [3.63, 3.8) is 0 Å². The third-order valence-corrected chi connectivity index (χ3v) is 8.02. The van der Waals surface area contributed by atoms with Crippen molar-refractivity contribution in [1.82, 2.24) is 20.4 Å². The van der Waals surface area contributed by atoms with E-state index in [-0.39, 0.29) is 23.7 Å². The molecule has 33 heavy (non-hydrogen) atoms. The Kier molecular flexibility index (Phi) is 6.45. The molecule has 0 aliphatic heterocycles. The molecule has 0 spiro atoms. The van der Waals surface area contributed by atoms with E-state index >= 15 is 0 Å². The van der Waals surface area contributed by atoms with Crippen LogP contribution in [0.4, 0.5) is 10.3 Å². The molecule has 2 aromatic heterocycles. The number of hydrogen-bond donors (Lipinski definition) is 2. The van der Waals surface area contributed by atoms with Crippen LogP contribution >= 0.6 is 22.7 Å². The first-order valence-electron chi connectivity index (χ1n) is 11.4. The number of unbranched alkanes of at least 4 members (excludes halogenated alkanes) is 1. The summed E-state index contributed by atoms with van der Waals surface area (Å²) in [4.78, 5) is 24.5. The zero-order valence-electron chi connectivity index (χ0n) is 18.4. The van der Waals surface area contributed by atoms with Gasteiger partial charge in [-0.1, -0.05) is 59.9 Å². The van der Waals surface area contributed by atoms with Crippen LogP contribution in [0.25, 0.3) is 0 Å². The number of anilines is 2. The standard InChI is InChI=1S/C23H26N6O2S2/c1-13-11-15(13)20(30)24-22-28-26-18(32-22)9-5-6-10-19-27-29-23(33-19)25-21(31)17-12-16(17)14-7-3-2-4-8-14/h2-4,7-8,13,15-17H,5-6,9-12H2,1H3,(H,24,28,30)(H,25,29,31)/t13-,15-,16?,17?/m1/s1. The Morgan fingerprint density at radius 1 is 0.848 bits per heavy atom. The Morgan fingerprint density at radius 3 is 1.94 bits per heavy atom. The van der Waals surface area contributed by atoms with E-state index in [1.807, 2.05) is 18.2 Å². The van der Waals surface area contributed by atoms with Crippen LogP contribution in [-0.2, 0) is 22.4 Å². The SMILES string of the molecule is C[C@@H]1C[C@H]1C(=O)Nc1nnc(CCCCc2nnc(NC(=O)C3CC3c3ccccc3)s2)s1. The number of benzene rings is 1. The summed E-state index contributed by atoms with van der Waals surface area (Å²) in [6.45, 7) is 2.08. The lowest BCUT2D eigenvalue weighted by molar-refractivity contribution is -0.118. The van der Waals surface area contributed by atoms with Gasteiger partial charge in [0.25, 0.3) is 0 Å². The largest absolute Gasteiger partial charge is 0.300 e. The van der Waals surface area contributed by atoms with Gasteiger partial charge in [-0.15, -0.1) is 20.4 Å². The van der Waals surface area contributed by atoms with E-state index in [0.29, 0.717) is 22.1 Å². The van der Waals surface area contributed by atoms with Gasteiger partial charge in [0, 0.05) is 24.7 Å². The normalized spacial score (nSPS) is 23.2. The van der Waals surface area contributed by atoms with Gasteiger partial charge < -0.3 is 10.6 Å². The van der Waals surface area contributed by atoms with Gasteiger partial charge in [0.1, 0.15) is 10.0 Å². The molecule has 172 valence electrons. The molecule has 0 saturated heterocycles. The smallest absolute Gasteiger partial charge is 0.229 e. The number of aryl methyl sites for hydroxylation is 2. The highest BCUT2D eigenvalue weighted by atomic mass is 32.1. The molecule has 2 aliphatic rings. The number of rotatable bonds is 10. The summed E-state index contributed by atoms with van der Waals surface area (Å²) in [5, 5.41) is 25.4. The van der Waals surface area contributed by atoms with Crippen molar-refractivity contribution in [2.24, 2.45) is 17.8 Å². The second-order valence-electron chi connectivity index (χ2n) is 8.87. The number of nitrogens with one attached hydrogen (secondary N) is 2. The Bertz CT molecular complexity index is 1130. The first kappa shape index (κ1) is 22.1. The monoisotopic (exact) mass is 482 g/mol. The lowest BCUT2D eigenvalue weighted by Gasteiger charge is -2.01. The number of carbonyl (C=O) groups excluding carboxylic acids is 2. The molecule has 2 saturated carbocycles. The number of hydrogen-bond acceptors (Lipinski definition) is 8. The van der Waals surface area contributed by atoms with E-state index in [0.717, 1.165) is 48.5 Å². The van der Waals surface area contributed by atoms with Crippen LogP contribution in [0, 0.1) is 17.8 Å². The van der Waals surface area contributed by atoms with Crippen molar-refractivity contribution in [3.8, 4) is 0 Å². The second-order valence-corrected chi connectivity index (χ2v) is 11.0. The summed E-state index contributed by atoms with van der Waals surface area (Å²) in [5.41, 5.74) is 1.22. The van der Waals surface area contributed by atoms with Gasteiger partial charge in [0.15, 0.2) is 0 Å². The quantitative estimate of drug-likeness (QED) is 0.417. The molecule has 3 aromatic rings. The van der Waals surface area contributed by atoms with Gasteiger partial charge in [0.2, 0.25) is 22.1 Å². The van der Waals surface area contributed by atoms with Crippen LogP contribution in [0.1, 0.15) is 54.1 Å². The van der Waals surface area contributed by atoms with Gasteiger partial charge in [-0.25, -0.2) is 0 Å². The summed E-state index contributed by atoms with van der Waals surface area (Å²) in [5.74, 6) is 1.03. The highest BCUT2D eigenvalue weighted by Gasteiger charge is 2.44. The van der Waals surface area contributed by atoms with Crippen molar-refractivity contribution in [3.05, 3.63) is 45.9 Å². The second kappa shape index (κ2) is 9.64. The number of nitrogens with zero attached hydrogens (tertiary/aromatic N) is 4. The van der Waals surface area contributed by atoms with E-state index in [4.69, 9.17) is 0 Å². The number of carbonyl (C=O) groups is 2. The molecule has 2 fully saturated rings. The lowest BCUT2D eigenvalue weighted by Crippen LogP contribution is -2.14. The van der Waals surface area contributed by atoms with Crippen molar-refractivity contribution in [2.75, 3.05) is 10.6 Å². The fourth-order valence-electron chi connectivity index (χ4n) is 4.00. The Balaban J connectivity index is 1.01. The molecular weight excluding hydrogens is 456 g/mol. The van der Waals surface area contributed by atoms with E-state index < -0.39 is 0 Å². The predicted molar refractivity (Wildman–Crippen MR) is 128 cm³/mol. The van der Waals surface area contributed by atoms with E-state index in [1.54, 1.807) is 0 Å². The molecule has 2 amide bonds. The Labute approximate surface area is 200 Å². The third-order valence-electron chi connectivity index (χ3n) is 6.23. The maximum atomic E-state index is 12.5. The fraction of sp³-hybridized carbons (Fsp3) is 0.478. The maximum absolute atomic E-state index is 12.5. The van der Waals surface area contributed by atoms with Crippen molar-refractivity contribution in [1.29, 1.82) is 0 Å². The minimum Gasteiger partial charge on any atom is -0.300 e. The highest BCUT2D eigenvalue weighted by molar-refractivity contribution is 7.15. The minimum absolute atomic E-state index is 0.0222. The first-order valence-corrected chi connectivity index (χ1v) is 13.0. The topological polar surface area (TPSA) is 110 Å². The van der Waals surface area contributed by atoms with Crippen molar-refractivity contribution >= 4 is 44.8 Å². The molecule has 2 aliphatic carbocycles. The molecule has 1 aromatic carbocycles. The molecule has 5 rings (SSSR count). The summed E-state index contributed by atoms with van der Waals surface area (Å²) in [7, 11) is 0. The van der Waals surface area contributed by atoms with E-state index in [9.17, 15) is 9.59 Å². The molecule has 0 bridgehead atoms. The highest BCUT2D eigenvalue weighted by Crippen LogP contribution is 2.48. The molecule has 2 N–H and O–H groups in total. The van der Waals surface area contributed by atoms with Gasteiger partial charge in [-0.2, -0.15) is 0 Å². The van der Waals surface area contributed by atoms with E-state index in [1.165, 1.54) is 28.2 Å². The van der Waals surface area contributed by atoms with Gasteiger partial charge in [0.05, 0.1) is 0 Å². The summed E-state index contributed by atoms with van der Waals surface area (Å²) >= 11 is 2.89. The van der Waals surface area contributed by atoms with Crippen LogP contribution in [-0.4, -0.2) is 32.2 Å². The van der Waals surface area contributed by atoms with E-state index in [2.05, 4.69) is 50.1 Å². The third kappa shape index (κ3) is 5.62. The van der Waals surface area contributed by atoms with Crippen molar-refractivity contribution in [2.45, 2.75) is 51.4 Å². The molecule has 10 heteroatoms. The van der Waals surface area contributed by atoms with Crippen LogP contribution in [0.5, 0.6) is 0 Å². The molecule has 2 heterocycles. The molecule has 8 nitrogen and oxygen atoms in total. The molecule has 2 unspecified atom stereocenters. The fourth-order valence-corrected chi connectivity index (χ4v) is 5.57. The van der Waals surface area contributed by atoms with Crippen molar-refractivity contribution < 1.29 is 9.59 Å². The maximum Gasteiger partial charge on any atom is 0.229 e. The van der Waals surface area contributed by atoms with Crippen LogP contribution in [0.3, 0.4) is 0 Å². The molecule has 4 atom stereocenters. The van der Waals surface area contributed by atoms with Crippen LogP contribution in [0.15, 0.2) is 30.3 Å². The number of amides is 2.